The van der Waals surface area contributed by atoms with E-state index in [9.17, 15) is 18.0 Å². The number of aryl methyl sites for hydroxylation is 1. The van der Waals surface area contributed by atoms with Crippen LogP contribution in [0, 0.1) is 6.92 Å². The van der Waals surface area contributed by atoms with Gasteiger partial charge in [-0.25, -0.2) is 0 Å². The molecule has 0 saturated heterocycles. The Morgan fingerprint density at radius 3 is 2.47 bits per heavy atom. The first-order valence-electron chi connectivity index (χ1n) is 4.76. The summed E-state index contributed by atoms with van der Waals surface area (Å²) in [6.45, 7) is 3.03. The quantitative estimate of drug-likeness (QED) is 0.464. The Balaban J connectivity index is 3.22. The SMILES string of the molecule is Cc1cccc(SC(F)(F)F)c1C(=O)C(C)Cl. The van der Waals surface area contributed by atoms with Crippen LogP contribution in [-0.2, 0) is 0 Å². The molecule has 6 heteroatoms. The molecule has 0 aliphatic heterocycles. The number of rotatable bonds is 3. The second-order valence-corrected chi connectivity index (χ2v) is 5.24. The topological polar surface area (TPSA) is 17.1 Å². The largest absolute Gasteiger partial charge is 0.446 e. The normalized spacial score (nSPS) is 13.5. The summed E-state index contributed by atoms with van der Waals surface area (Å²) >= 11 is 5.35. The van der Waals surface area contributed by atoms with Gasteiger partial charge in [-0.1, -0.05) is 12.1 Å². The number of carbonyl (C=O) groups is 1. The van der Waals surface area contributed by atoms with Crippen LogP contribution in [0.5, 0.6) is 0 Å². The van der Waals surface area contributed by atoms with Crippen LogP contribution in [0.4, 0.5) is 13.2 Å². The monoisotopic (exact) mass is 282 g/mol. The number of benzene rings is 1. The molecule has 0 amide bonds. The summed E-state index contributed by atoms with van der Waals surface area (Å²) in [5.41, 5.74) is -3.87. The third kappa shape index (κ3) is 3.92. The fourth-order valence-electron chi connectivity index (χ4n) is 1.37. The Morgan fingerprint density at radius 2 is 2.00 bits per heavy atom. The summed E-state index contributed by atoms with van der Waals surface area (Å²) in [7, 11) is 0. The van der Waals surface area contributed by atoms with E-state index in [1.54, 1.807) is 13.0 Å². The van der Waals surface area contributed by atoms with Crippen molar-refractivity contribution in [3.63, 3.8) is 0 Å². The Kier molecular flexibility index (Phi) is 4.49. The van der Waals surface area contributed by atoms with Crippen molar-refractivity contribution in [2.24, 2.45) is 0 Å². The van der Waals surface area contributed by atoms with Gasteiger partial charge in [0.1, 0.15) is 0 Å². The highest BCUT2D eigenvalue weighted by molar-refractivity contribution is 8.00. The minimum atomic E-state index is -4.42. The first-order valence-corrected chi connectivity index (χ1v) is 6.01. The zero-order chi connectivity index (χ0) is 13.2. The number of carbonyl (C=O) groups excluding carboxylic acids is 1. The van der Waals surface area contributed by atoms with E-state index in [2.05, 4.69) is 0 Å². The second kappa shape index (κ2) is 5.31. The third-order valence-corrected chi connectivity index (χ3v) is 3.06. The molecule has 1 rings (SSSR count). The Labute approximate surface area is 106 Å². The number of thioether (sulfide) groups is 1. The summed E-state index contributed by atoms with van der Waals surface area (Å²) in [5, 5.41) is -0.844. The molecule has 0 N–H and O–H groups in total. The van der Waals surface area contributed by atoms with Crippen LogP contribution in [0.3, 0.4) is 0 Å². The molecule has 94 valence electrons. The Hall–Kier alpha value is -0.680. The summed E-state index contributed by atoms with van der Waals surface area (Å²) in [6.07, 6.45) is 0. The smallest absolute Gasteiger partial charge is 0.292 e. The van der Waals surface area contributed by atoms with E-state index >= 15 is 0 Å². The van der Waals surface area contributed by atoms with E-state index in [0.29, 0.717) is 5.56 Å². The summed E-state index contributed by atoms with van der Waals surface area (Å²) in [5.74, 6) is -0.489. The van der Waals surface area contributed by atoms with Gasteiger partial charge < -0.3 is 0 Å². The van der Waals surface area contributed by atoms with Gasteiger partial charge >= 0.3 is 5.51 Å². The highest BCUT2D eigenvalue weighted by Crippen LogP contribution is 2.39. The fraction of sp³-hybridized carbons (Fsp3) is 0.364. The highest BCUT2D eigenvalue weighted by Gasteiger charge is 2.32. The van der Waals surface area contributed by atoms with Gasteiger partial charge in [0.15, 0.2) is 5.78 Å². The van der Waals surface area contributed by atoms with Crippen molar-refractivity contribution in [1.29, 1.82) is 0 Å². The van der Waals surface area contributed by atoms with Crippen molar-refractivity contribution >= 4 is 29.1 Å². The number of halogens is 4. The number of alkyl halides is 4. The summed E-state index contributed by atoms with van der Waals surface area (Å²) in [4.78, 5) is 11.7. The molecule has 0 heterocycles. The zero-order valence-corrected chi connectivity index (χ0v) is 10.7. The molecule has 1 aromatic rings. The zero-order valence-electron chi connectivity index (χ0n) is 9.14. The molecule has 0 bridgehead atoms. The average Bonchev–Trinajstić information content (AvgIpc) is 2.14. The predicted molar refractivity (Wildman–Crippen MR) is 62.7 cm³/mol. The number of ketones is 1. The van der Waals surface area contributed by atoms with Crippen molar-refractivity contribution in [2.75, 3.05) is 0 Å². The van der Waals surface area contributed by atoms with Crippen molar-refractivity contribution in [3.8, 4) is 0 Å². The minimum absolute atomic E-state index is 0.0531. The molecule has 0 saturated carbocycles. The Bertz CT molecular complexity index is 429. The lowest BCUT2D eigenvalue weighted by molar-refractivity contribution is -0.0328. The standard InChI is InChI=1S/C11H10ClF3OS/c1-6-4-3-5-8(17-11(13,14)15)9(6)10(16)7(2)12/h3-5,7H,1-2H3. The molecule has 17 heavy (non-hydrogen) atoms. The van der Waals surface area contributed by atoms with Crippen LogP contribution in [-0.4, -0.2) is 16.7 Å². The van der Waals surface area contributed by atoms with Crippen LogP contribution < -0.4 is 0 Å². The van der Waals surface area contributed by atoms with E-state index in [1.807, 2.05) is 0 Å². The van der Waals surface area contributed by atoms with Gasteiger partial charge in [0.05, 0.1) is 5.38 Å². The molecule has 0 aliphatic rings. The maximum absolute atomic E-state index is 12.3. The predicted octanol–water partition coefficient (Wildman–Crippen LogP) is 4.42. The molecule has 1 unspecified atom stereocenters. The first-order chi connectivity index (χ1) is 7.72. The maximum atomic E-state index is 12.3. The van der Waals surface area contributed by atoms with E-state index < -0.39 is 16.7 Å². The van der Waals surface area contributed by atoms with Gasteiger partial charge in [-0.2, -0.15) is 13.2 Å². The van der Waals surface area contributed by atoms with Crippen molar-refractivity contribution < 1.29 is 18.0 Å². The molecule has 0 spiro atoms. The lowest BCUT2D eigenvalue weighted by atomic mass is 10.0. The summed E-state index contributed by atoms with van der Waals surface area (Å²) < 4.78 is 37.0. The number of Topliss-reactive ketones (excluding diaryl/α,β-unsaturated/α-hetero) is 1. The van der Waals surface area contributed by atoms with E-state index in [0.717, 1.165) is 0 Å². The van der Waals surface area contributed by atoms with Gasteiger partial charge in [0.2, 0.25) is 0 Å². The van der Waals surface area contributed by atoms with E-state index in [4.69, 9.17) is 11.6 Å². The summed E-state index contributed by atoms with van der Waals surface area (Å²) in [6, 6.07) is 4.35. The fourth-order valence-corrected chi connectivity index (χ4v) is 2.23. The molecule has 0 aliphatic carbocycles. The van der Waals surface area contributed by atoms with Crippen molar-refractivity contribution in [2.45, 2.75) is 29.6 Å². The van der Waals surface area contributed by atoms with Crippen LogP contribution >= 0.6 is 23.4 Å². The van der Waals surface area contributed by atoms with Crippen LogP contribution in [0.25, 0.3) is 0 Å². The maximum Gasteiger partial charge on any atom is 0.446 e. The molecule has 1 aromatic carbocycles. The van der Waals surface area contributed by atoms with Crippen LogP contribution in [0.15, 0.2) is 23.1 Å². The molecular formula is C11H10ClF3OS. The first kappa shape index (κ1) is 14.4. The second-order valence-electron chi connectivity index (χ2n) is 3.48. The molecular weight excluding hydrogens is 273 g/mol. The molecule has 1 atom stereocenters. The van der Waals surface area contributed by atoms with Crippen LogP contribution in [0.1, 0.15) is 22.8 Å². The number of hydrogen-bond acceptors (Lipinski definition) is 2. The van der Waals surface area contributed by atoms with Gasteiger partial charge in [-0.05, 0) is 37.2 Å². The van der Waals surface area contributed by atoms with E-state index in [-0.39, 0.29) is 22.2 Å². The molecule has 0 fully saturated rings. The molecule has 0 radical (unpaired) electrons. The average molecular weight is 283 g/mol. The van der Waals surface area contributed by atoms with Crippen molar-refractivity contribution in [3.05, 3.63) is 29.3 Å². The molecule has 0 aromatic heterocycles. The van der Waals surface area contributed by atoms with E-state index in [1.165, 1.54) is 19.1 Å². The highest BCUT2D eigenvalue weighted by atomic mass is 35.5. The van der Waals surface area contributed by atoms with Gasteiger partial charge in [-0.3, -0.25) is 4.79 Å². The Morgan fingerprint density at radius 1 is 1.41 bits per heavy atom. The van der Waals surface area contributed by atoms with Crippen molar-refractivity contribution in [1.82, 2.24) is 0 Å². The third-order valence-electron chi connectivity index (χ3n) is 2.07. The van der Waals surface area contributed by atoms with Gasteiger partial charge in [0, 0.05) is 10.5 Å². The van der Waals surface area contributed by atoms with Gasteiger partial charge in [-0.15, -0.1) is 11.6 Å². The van der Waals surface area contributed by atoms with Gasteiger partial charge in [0.25, 0.3) is 0 Å². The molecule has 1 nitrogen and oxygen atoms in total. The van der Waals surface area contributed by atoms with Crippen LogP contribution in [0.2, 0.25) is 0 Å². The number of hydrogen-bond donors (Lipinski definition) is 0. The minimum Gasteiger partial charge on any atom is -0.292 e. The lowest BCUT2D eigenvalue weighted by Gasteiger charge is -2.13. The lowest BCUT2D eigenvalue weighted by Crippen LogP contribution is -2.14.